The molecule has 1 heterocycles. The van der Waals surface area contributed by atoms with Crippen molar-refractivity contribution < 1.29 is 4.74 Å². The first-order valence-corrected chi connectivity index (χ1v) is 9.11. The van der Waals surface area contributed by atoms with E-state index in [9.17, 15) is 0 Å². The lowest BCUT2D eigenvalue weighted by atomic mass is 9.66. The van der Waals surface area contributed by atoms with Gasteiger partial charge in [0.25, 0.3) is 0 Å². The van der Waals surface area contributed by atoms with Crippen LogP contribution in [0, 0.1) is 5.92 Å². The van der Waals surface area contributed by atoms with Crippen LogP contribution in [-0.2, 0) is 11.8 Å². The van der Waals surface area contributed by atoms with E-state index in [0.29, 0.717) is 18.2 Å². The van der Waals surface area contributed by atoms with Crippen LogP contribution in [0.2, 0.25) is 0 Å². The molecule has 1 aliphatic carbocycles. The van der Waals surface area contributed by atoms with Gasteiger partial charge < -0.3 is 16.2 Å². The van der Waals surface area contributed by atoms with Crippen molar-refractivity contribution in [2.45, 2.75) is 51.0 Å². The van der Waals surface area contributed by atoms with Crippen LogP contribution in [0.4, 0.5) is 5.82 Å². The standard InChI is InChI=1S/C20H28N4O/c1-3-4-9-20(16-8-6-5-7-15(16)10-18(20)21)14(2)12-25-17-11-23-13-24-19(17)22/h5-8,11,13-14,18H,3-4,9-10,12,21H2,1-2H3,(H2,22,23,24). The van der Waals surface area contributed by atoms with Gasteiger partial charge in [0.15, 0.2) is 11.6 Å². The van der Waals surface area contributed by atoms with E-state index in [1.165, 1.54) is 17.5 Å². The van der Waals surface area contributed by atoms with Crippen molar-refractivity contribution in [3.8, 4) is 5.75 Å². The molecule has 0 bridgehead atoms. The highest BCUT2D eigenvalue weighted by molar-refractivity contribution is 5.44. The third-order valence-electron chi connectivity index (χ3n) is 5.64. The van der Waals surface area contributed by atoms with Gasteiger partial charge in [-0.2, -0.15) is 0 Å². The van der Waals surface area contributed by atoms with Crippen molar-refractivity contribution in [3.05, 3.63) is 47.9 Å². The second-order valence-corrected chi connectivity index (χ2v) is 7.10. The lowest BCUT2D eigenvalue weighted by Crippen LogP contribution is -2.49. The van der Waals surface area contributed by atoms with Crippen molar-refractivity contribution >= 4 is 5.82 Å². The summed E-state index contributed by atoms with van der Waals surface area (Å²) >= 11 is 0. The summed E-state index contributed by atoms with van der Waals surface area (Å²) in [6, 6.07) is 8.78. The fourth-order valence-corrected chi connectivity index (χ4v) is 4.24. The van der Waals surface area contributed by atoms with E-state index in [0.717, 1.165) is 25.7 Å². The third kappa shape index (κ3) is 3.21. The summed E-state index contributed by atoms with van der Waals surface area (Å²) in [6.07, 6.45) is 7.37. The van der Waals surface area contributed by atoms with Crippen LogP contribution in [0.25, 0.3) is 0 Å². The molecule has 3 rings (SSSR count). The number of fused-ring (bicyclic) bond motifs is 1. The Morgan fingerprint density at radius 3 is 2.92 bits per heavy atom. The molecule has 5 nitrogen and oxygen atoms in total. The average molecular weight is 340 g/mol. The van der Waals surface area contributed by atoms with Crippen LogP contribution >= 0.6 is 0 Å². The van der Waals surface area contributed by atoms with Gasteiger partial charge in [0.2, 0.25) is 0 Å². The molecule has 0 saturated carbocycles. The first kappa shape index (κ1) is 17.7. The summed E-state index contributed by atoms with van der Waals surface area (Å²) in [4.78, 5) is 7.99. The number of benzene rings is 1. The molecule has 4 N–H and O–H groups in total. The van der Waals surface area contributed by atoms with Crippen LogP contribution in [0.5, 0.6) is 5.75 Å². The minimum Gasteiger partial charge on any atom is -0.488 e. The highest BCUT2D eigenvalue weighted by atomic mass is 16.5. The van der Waals surface area contributed by atoms with Crippen LogP contribution in [-0.4, -0.2) is 22.6 Å². The van der Waals surface area contributed by atoms with Crippen molar-refractivity contribution in [1.29, 1.82) is 0 Å². The predicted octanol–water partition coefficient (Wildman–Crippen LogP) is 3.09. The fourth-order valence-electron chi connectivity index (χ4n) is 4.24. The highest BCUT2D eigenvalue weighted by Gasteiger charge is 2.48. The molecule has 1 aromatic heterocycles. The largest absolute Gasteiger partial charge is 0.488 e. The normalized spacial score (nSPS) is 23.2. The number of anilines is 1. The maximum Gasteiger partial charge on any atom is 0.179 e. The molecule has 3 atom stereocenters. The molecule has 0 spiro atoms. The second kappa shape index (κ2) is 7.40. The van der Waals surface area contributed by atoms with Gasteiger partial charge in [-0.1, -0.05) is 51.0 Å². The average Bonchev–Trinajstić information content (AvgIpc) is 2.91. The van der Waals surface area contributed by atoms with Gasteiger partial charge in [0, 0.05) is 17.4 Å². The Kier molecular flexibility index (Phi) is 5.23. The minimum atomic E-state index is -0.0585. The maximum atomic E-state index is 6.70. The Hall–Kier alpha value is -2.14. The zero-order valence-electron chi connectivity index (χ0n) is 15.1. The summed E-state index contributed by atoms with van der Waals surface area (Å²) in [5.74, 6) is 1.18. The first-order valence-electron chi connectivity index (χ1n) is 9.11. The number of unbranched alkanes of at least 4 members (excludes halogenated alkanes) is 1. The molecule has 0 aliphatic heterocycles. The Morgan fingerprint density at radius 2 is 2.16 bits per heavy atom. The summed E-state index contributed by atoms with van der Waals surface area (Å²) in [6.45, 7) is 5.00. The van der Waals surface area contributed by atoms with Gasteiger partial charge in [-0.15, -0.1) is 0 Å². The number of hydrogen-bond donors (Lipinski definition) is 2. The number of nitrogens with zero attached hydrogens (tertiary/aromatic N) is 2. The van der Waals surface area contributed by atoms with E-state index >= 15 is 0 Å². The Balaban J connectivity index is 1.87. The Morgan fingerprint density at radius 1 is 1.36 bits per heavy atom. The molecule has 0 saturated heterocycles. The van der Waals surface area contributed by atoms with Crippen molar-refractivity contribution in [1.82, 2.24) is 9.97 Å². The van der Waals surface area contributed by atoms with Gasteiger partial charge in [0.1, 0.15) is 6.33 Å². The topological polar surface area (TPSA) is 87.0 Å². The smallest absolute Gasteiger partial charge is 0.179 e. The number of rotatable bonds is 7. The molecular formula is C20H28N4O. The number of hydrogen-bond acceptors (Lipinski definition) is 5. The number of aromatic nitrogens is 2. The van der Waals surface area contributed by atoms with Crippen LogP contribution < -0.4 is 16.2 Å². The molecule has 25 heavy (non-hydrogen) atoms. The fraction of sp³-hybridized carbons (Fsp3) is 0.500. The van der Waals surface area contributed by atoms with Gasteiger partial charge >= 0.3 is 0 Å². The molecule has 134 valence electrons. The molecule has 3 unspecified atom stereocenters. The second-order valence-electron chi connectivity index (χ2n) is 7.10. The zero-order valence-corrected chi connectivity index (χ0v) is 15.1. The lowest BCUT2D eigenvalue weighted by molar-refractivity contribution is 0.151. The van der Waals surface area contributed by atoms with Crippen LogP contribution in [0.15, 0.2) is 36.8 Å². The van der Waals surface area contributed by atoms with E-state index < -0.39 is 0 Å². The van der Waals surface area contributed by atoms with Gasteiger partial charge in [-0.25, -0.2) is 9.97 Å². The number of ether oxygens (including phenoxy) is 1. The minimum absolute atomic E-state index is 0.0585. The Labute approximate surface area is 149 Å². The molecule has 0 fully saturated rings. The molecule has 2 aromatic rings. The number of nitrogens with two attached hydrogens (primary N) is 2. The lowest BCUT2D eigenvalue weighted by Gasteiger charge is -2.40. The summed E-state index contributed by atoms with van der Waals surface area (Å²) in [5.41, 5.74) is 15.3. The predicted molar refractivity (Wildman–Crippen MR) is 100 cm³/mol. The highest BCUT2D eigenvalue weighted by Crippen LogP contribution is 2.47. The SMILES string of the molecule is CCCCC1(C(C)COc2cncnc2N)c2ccccc2CC1N. The van der Waals surface area contributed by atoms with Crippen molar-refractivity contribution in [2.75, 3.05) is 12.3 Å². The van der Waals surface area contributed by atoms with Gasteiger partial charge in [-0.05, 0) is 24.0 Å². The van der Waals surface area contributed by atoms with Crippen molar-refractivity contribution in [2.24, 2.45) is 11.7 Å². The molecule has 5 heteroatoms. The summed E-state index contributed by atoms with van der Waals surface area (Å²) in [7, 11) is 0. The molecule has 0 radical (unpaired) electrons. The first-order chi connectivity index (χ1) is 12.1. The van der Waals surface area contributed by atoms with E-state index in [1.54, 1.807) is 6.20 Å². The van der Waals surface area contributed by atoms with Crippen LogP contribution in [0.1, 0.15) is 44.2 Å². The Bertz CT molecular complexity index is 720. The molecule has 0 amide bonds. The van der Waals surface area contributed by atoms with Gasteiger partial charge in [-0.3, -0.25) is 0 Å². The van der Waals surface area contributed by atoms with E-state index in [1.807, 2.05) is 0 Å². The van der Waals surface area contributed by atoms with E-state index in [4.69, 9.17) is 16.2 Å². The van der Waals surface area contributed by atoms with Gasteiger partial charge in [0.05, 0.1) is 12.8 Å². The summed E-state index contributed by atoms with van der Waals surface area (Å²) < 4.78 is 5.97. The monoisotopic (exact) mass is 340 g/mol. The van der Waals surface area contributed by atoms with E-state index in [2.05, 4.69) is 48.1 Å². The zero-order chi connectivity index (χ0) is 17.9. The summed E-state index contributed by atoms with van der Waals surface area (Å²) in [5, 5.41) is 0. The third-order valence-corrected chi connectivity index (χ3v) is 5.64. The van der Waals surface area contributed by atoms with Crippen molar-refractivity contribution in [3.63, 3.8) is 0 Å². The molecule has 1 aromatic carbocycles. The number of nitrogen functional groups attached to an aromatic ring is 1. The quantitative estimate of drug-likeness (QED) is 0.809. The molecular weight excluding hydrogens is 312 g/mol. The molecule has 1 aliphatic rings. The van der Waals surface area contributed by atoms with Crippen LogP contribution in [0.3, 0.4) is 0 Å². The maximum absolute atomic E-state index is 6.70. The van der Waals surface area contributed by atoms with E-state index in [-0.39, 0.29) is 17.4 Å².